The molecule has 1 unspecified atom stereocenters. The van der Waals surface area contributed by atoms with Crippen LogP contribution in [0.25, 0.3) is 0 Å². The average molecular weight is 346 g/mol. The zero-order valence-electron chi connectivity index (χ0n) is 13.6. The summed E-state index contributed by atoms with van der Waals surface area (Å²) in [5.41, 5.74) is 1.00. The van der Waals surface area contributed by atoms with Gasteiger partial charge in [-0.25, -0.2) is 0 Å². The quantitative estimate of drug-likeness (QED) is 0.665. The van der Waals surface area contributed by atoms with Crippen molar-refractivity contribution in [2.45, 2.75) is 25.4 Å². The largest absolute Gasteiger partial charge is 0.388 e. The molecule has 128 valence electrons. The molecule has 2 aromatic rings. The van der Waals surface area contributed by atoms with Gasteiger partial charge >= 0.3 is 11.8 Å². The molecular weight excluding hydrogens is 324 g/mol. The van der Waals surface area contributed by atoms with Crippen molar-refractivity contribution in [1.29, 1.82) is 0 Å². The smallest absolute Gasteiger partial charge is 0.309 e. The van der Waals surface area contributed by atoms with Crippen LogP contribution in [0.4, 0.5) is 0 Å². The summed E-state index contributed by atoms with van der Waals surface area (Å²) in [5, 5.41) is 19.3. The molecule has 2 amide bonds. The van der Waals surface area contributed by atoms with E-state index in [1.807, 2.05) is 47.2 Å². The molecule has 0 saturated heterocycles. The second-order valence-corrected chi connectivity index (χ2v) is 6.76. The van der Waals surface area contributed by atoms with Crippen LogP contribution >= 0.6 is 11.3 Å². The first-order chi connectivity index (χ1) is 11.5. The molecule has 0 bridgehead atoms. The molecule has 5 nitrogen and oxygen atoms in total. The zero-order chi connectivity index (χ0) is 17.4. The van der Waals surface area contributed by atoms with E-state index in [1.165, 1.54) is 0 Å². The first-order valence-corrected chi connectivity index (χ1v) is 8.74. The summed E-state index contributed by atoms with van der Waals surface area (Å²) in [4.78, 5) is 23.6. The Morgan fingerprint density at radius 3 is 2.46 bits per heavy atom. The Bertz CT molecular complexity index is 654. The average Bonchev–Trinajstić information content (AvgIpc) is 3.05. The predicted octanol–water partition coefficient (Wildman–Crippen LogP) is 1.52. The number of rotatable bonds is 7. The Morgan fingerprint density at radius 2 is 1.79 bits per heavy atom. The summed E-state index contributed by atoms with van der Waals surface area (Å²) in [6.45, 7) is 2.05. The van der Waals surface area contributed by atoms with Gasteiger partial charge in [0.25, 0.3) is 0 Å². The van der Waals surface area contributed by atoms with Gasteiger partial charge in [0.1, 0.15) is 0 Å². The third kappa shape index (κ3) is 6.14. The van der Waals surface area contributed by atoms with Crippen molar-refractivity contribution < 1.29 is 14.7 Å². The van der Waals surface area contributed by atoms with Gasteiger partial charge in [-0.2, -0.15) is 11.3 Å². The van der Waals surface area contributed by atoms with Gasteiger partial charge in [-0.1, -0.05) is 30.3 Å². The van der Waals surface area contributed by atoms with Gasteiger partial charge in [-0.15, -0.1) is 0 Å². The number of amides is 2. The van der Waals surface area contributed by atoms with E-state index in [9.17, 15) is 14.7 Å². The molecule has 24 heavy (non-hydrogen) atoms. The van der Waals surface area contributed by atoms with E-state index in [0.29, 0.717) is 19.4 Å². The van der Waals surface area contributed by atoms with Gasteiger partial charge < -0.3 is 15.7 Å². The Kier molecular flexibility index (Phi) is 6.52. The maximum absolute atomic E-state index is 11.8. The van der Waals surface area contributed by atoms with Crippen LogP contribution in [-0.4, -0.2) is 35.6 Å². The molecule has 1 atom stereocenters. The molecule has 1 aromatic heterocycles. The van der Waals surface area contributed by atoms with Crippen LogP contribution in [0, 0.1) is 0 Å². The van der Waals surface area contributed by atoms with Crippen molar-refractivity contribution in [2.75, 3.05) is 13.1 Å². The number of hydrogen-bond donors (Lipinski definition) is 3. The second-order valence-electron chi connectivity index (χ2n) is 5.98. The number of carbonyl (C=O) groups is 2. The van der Waals surface area contributed by atoms with E-state index in [4.69, 9.17) is 0 Å². The van der Waals surface area contributed by atoms with Gasteiger partial charge in [0, 0.05) is 19.5 Å². The van der Waals surface area contributed by atoms with Gasteiger partial charge in [-0.3, -0.25) is 9.59 Å². The first-order valence-electron chi connectivity index (χ1n) is 7.80. The van der Waals surface area contributed by atoms with Crippen LogP contribution < -0.4 is 10.6 Å². The monoisotopic (exact) mass is 346 g/mol. The van der Waals surface area contributed by atoms with Gasteiger partial charge in [0.15, 0.2) is 0 Å². The molecule has 6 heteroatoms. The summed E-state index contributed by atoms with van der Waals surface area (Å²) in [6, 6.07) is 11.6. The Morgan fingerprint density at radius 1 is 1.08 bits per heavy atom. The SMILES string of the molecule is CC(O)(CNC(=O)C(=O)NCCc1ccccc1)Cc1ccsc1. The van der Waals surface area contributed by atoms with Crippen LogP contribution in [0.1, 0.15) is 18.1 Å². The van der Waals surface area contributed by atoms with E-state index in [0.717, 1.165) is 11.1 Å². The minimum Gasteiger partial charge on any atom is -0.388 e. The lowest BCUT2D eigenvalue weighted by Gasteiger charge is -2.23. The van der Waals surface area contributed by atoms with Gasteiger partial charge in [-0.05, 0) is 41.3 Å². The van der Waals surface area contributed by atoms with Crippen molar-refractivity contribution in [3.05, 3.63) is 58.3 Å². The highest BCUT2D eigenvalue weighted by atomic mass is 32.1. The molecule has 3 N–H and O–H groups in total. The van der Waals surface area contributed by atoms with Gasteiger partial charge in [0.05, 0.1) is 5.60 Å². The van der Waals surface area contributed by atoms with Gasteiger partial charge in [0.2, 0.25) is 0 Å². The van der Waals surface area contributed by atoms with E-state index in [1.54, 1.807) is 18.3 Å². The molecule has 1 heterocycles. The van der Waals surface area contributed by atoms with Crippen molar-refractivity contribution in [3.63, 3.8) is 0 Å². The fraction of sp³-hybridized carbons (Fsp3) is 0.333. The lowest BCUT2D eigenvalue weighted by molar-refractivity contribution is -0.139. The standard InChI is InChI=1S/C18H22N2O3S/c1-18(23,11-15-8-10-24-12-15)13-20-17(22)16(21)19-9-7-14-5-3-2-4-6-14/h2-6,8,10,12,23H,7,9,11,13H2,1H3,(H,19,21)(H,20,22). The molecular formula is C18H22N2O3S. The number of nitrogens with one attached hydrogen (secondary N) is 2. The van der Waals surface area contributed by atoms with E-state index < -0.39 is 17.4 Å². The predicted molar refractivity (Wildman–Crippen MR) is 94.8 cm³/mol. The topological polar surface area (TPSA) is 78.4 Å². The summed E-state index contributed by atoms with van der Waals surface area (Å²) in [5.74, 6) is -1.41. The number of hydrogen-bond acceptors (Lipinski definition) is 4. The number of benzene rings is 1. The molecule has 0 aliphatic carbocycles. The summed E-state index contributed by atoms with van der Waals surface area (Å²) < 4.78 is 0. The number of aliphatic hydroxyl groups is 1. The summed E-state index contributed by atoms with van der Waals surface area (Å²) in [6.07, 6.45) is 1.09. The van der Waals surface area contributed by atoms with Crippen molar-refractivity contribution >= 4 is 23.2 Å². The fourth-order valence-corrected chi connectivity index (χ4v) is 2.96. The second kappa shape index (κ2) is 8.61. The highest BCUT2D eigenvalue weighted by Crippen LogP contribution is 2.15. The van der Waals surface area contributed by atoms with Crippen LogP contribution in [0.15, 0.2) is 47.2 Å². The highest BCUT2D eigenvalue weighted by Gasteiger charge is 2.23. The molecule has 0 spiro atoms. The maximum atomic E-state index is 11.8. The molecule has 2 rings (SSSR count). The summed E-state index contributed by atoms with van der Waals surface area (Å²) >= 11 is 1.55. The minimum atomic E-state index is -1.10. The lowest BCUT2D eigenvalue weighted by atomic mass is 9.98. The van der Waals surface area contributed by atoms with Crippen molar-refractivity contribution in [2.24, 2.45) is 0 Å². The van der Waals surface area contributed by atoms with E-state index in [2.05, 4.69) is 10.6 Å². The van der Waals surface area contributed by atoms with Crippen LogP contribution in [-0.2, 0) is 22.4 Å². The third-order valence-electron chi connectivity index (χ3n) is 3.54. The Hall–Kier alpha value is -2.18. The van der Waals surface area contributed by atoms with Crippen LogP contribution in [0.3, 0.4) is 0 Å². The van der Waals surface area contributed by atoms with Crippen molar-refractivity contribution in [3.8, 4) is 0 Å². The van der Waals surface area contributed by atoms with Crippen LogP contribution in [0.2, 0.25) is 0 Å². The molecule has 0 aliphatic heterocycles. The van der Waals surface area contributed by atoms with Crippen LogP contribution in [0.5, 0.6) is 0 Å². The lowest BCUT2D eigenvalue weighted by Crippen LogP contribution is -2.47. The van der Waals surface area contributed by atoms with E-state index >= 15 is 0 Å². The molecule has 0 radical (unpaired) electrons. The molecule has 1 aromatic carbocycles. The highest BCUT2D eigenvalue weighted by molar-refractivity contribution is 7.07. The number of carbonyl (C=O) groups excluding carboxylic acids is 2. The zero-order valence-corrected chi connectivity index (χ0v) is 14.4. The molecule has 0 fully saturated rings. The fourth-order valence-electron chi connectivity index (χ4n) is 2.29. The maximum Gasteiger partial charge on any atom is 0.309 e. The van der Waals surface area contributed by atoms with E-state index in [-0.39, 0.29) is 6.54 Å². The van der Waals surface area contributed by atoms with Crippen molar-refractivity contribution in [1.82, 2.24) is 10.6 Å². The normalized spacial score (nSPS) is 13.1. The molecule has 0 saturated carbocycles. The first kappa shape index (κ1) is 18.2. The summed E-state index contributed by atoms with van der Waals surface area (Å²) in [7, 11) is 0. The number of thiophene rings is 1. The molecule has 0 aliphatic rings. The minimum absolute atomic E-state index is 0.0216. The third-order valence-corrected chi connectivity index (χ3v) is 4.28. The Balaban J connectivity index is 1.70. The Labute approximate surface area is 145 Å².